The van der Waals surface area contributed by atoms with Gasteiger partial charge in [-0.3, -0.25) is 0 Å². The van der Waals surface area contributed by atoms with Crippen LogP contribution in [0.3, 0.4) is 0 Å². The van der Waals surface area contributed by atoms with Gasteiger partial charge >= 0.3 is 0 Å². The molecular weight excluding hydrogens is 152 g/mol. The molecule has 2 unspecified atom stereocenters. The lowest BCUT2D eigenvalue weighted by Crippen LogP contribution is -2.46. The molecule has 1 rings (SSSR count). The Kier molecular flexibility index (Phi) is 3.13. The lowest BCUT2D eigenvalue weighted by Gasteiger charge is -2.42. The molecule has 1 heterocycles. The summed E-state index contributed by atoms with van der Waals surface area (Å²) in [5, 5.41) is 0. The first-order valence-electron chi connectivity index (χ1n) is 4.97. The largest absolute Gasteiger partial charge is 0.347 e. The van der Waals surface area contributed by atoms with Crippen molar-refractivity contribution in [2.24, 2.45) is 0 Å². The van der Waals surface area contributed by atoms with Gasteiger partial charge in [0.2, 0.25) is 0 Å². The summed E-state index contributed by atoms with van der Waals surface area (Å²) in [6.07, 6.45) is 3.58. The Balaban J connectivity index is 2.62. The van der Waals surface area contributed by atoms with Crippen LogP contribution in [-0.2, 0) is 9.47 Å². The Hall–Kier alpha value is -0.0800. The van der Waals surface area contributed by atoms with Crippen molar-refractivity contribution in [3.8, 4) is 0 Å². The predicted molar refractivity (Wildman–Crippen MR) is 49.0 cm³/mol. The van der Waals surface area contributed by atoms with Crippen molar-refractivity contribution in [2.75, 3.05) is 0 Å². The lowest BCUT2D eigenvalue weighted by molar-refractivity contribution is -0.313. The molecule has 1 fully saturated rings. The Morgan fingerprint density at radius 2 is 1.50 bits per heavy atom. The molecule has 0 aliphatic carbocycles. The van der Waals surface area contributed by atoms with E-state index in [1.165, 1.54) is 0 Å². The number of ether oxygens (including phenoxy) is 2. The van der Waals surface area contributed by atoms with Crippen LogP contribution in [0.2, 0.25) is 0 Å². The van der Waals surface area contributed by atoms with Crippen LogP contribution in [0.4, 0.5) is 0 Å². The first-order chi connectivity index (χ1) is 5.62. The normalized spacial score (nSPS) is 35.0. The van der Waals surface area contributed by atoms with Gasteiger partial charge in [-0.2, -0.15) is 0 Å². The first kappa shape index (κ1) is 10.0. The average molecular weight is 172 g/mol. The maximum Gasteiger partial charge on any atom is 0.168 e. The third-order valence-corrected chi connectivity index (χ3v) is 2.57. The molecule has 2 heteroatoms. The highest BCUT2D eigenvalue weighted by Crippen LogP contribution is 2.32. The van der Waals surface area contributed by atoms with Crippen molar-refractivity contribution in [2.45, 2.75) is 65.0 Å². The molecule has 0 amide bonds. The quantitative estimate of drug-likeness (QED) is 0.637. The Morgan fingerprint density at radius 1 is 1.08 bits per heavy atom. The van der Waals surface area contributed by atoms with Crippen molar-refractivity contribution >= 4 is 0 Å². The van der Waals surface area contributed by atoms with E-state index in [4.69, 9.17) is 9.47 Å². The number of rotatable bonds is 2. The Morgan fingerprint density at radius 3 is 1.83 bits per heavy atom. The Labute approximate surface area is 75.2 Å². The van der Waals surface area contributed by atoms with Crippen molar-refractivity contribution in [3.05, 3.63) is 0 Å². The van der Waals surface area contributed by atoms with E-state index >= 15 is 0 Å². The fourth-order valence-electron chi connectivity index (χ4n) is 1.91. The average Bonchev–Trinajstić information content (AvgIpc) is 2.02. The van der Waals surface area contributed by atoms with Gasteiger partial charge in [0.05, 0.1) is 12.2 Å². The zero-order valence-corrected chi connectivity index (χ0v) is 8.59. The molecular formula is C10H20O2. The van der Waals surface area contributed by atoms with Crippen LogP contribution in [-0.4, -0.2) is 18.0 Å². The minimum atomic E-state index is -0.295. The standard InChI is InChI=1S/C10H20O2/c1-5-10(6-2)11-8(3)7-9(4)12-10/h8-9H,5-7H2,1-4H3. The highest BCUT2D eigenvalue weighted by atomic mass is 16.7. The summed E-state index contributed by atoms with van der Waals surface area (Å²) in [6.45, 7) is 8.49. The van der Waals surface area contributed by atoms with Crippen LogP contribution in [0.1, 0.15) is 47.0 Å². The molecule has 0 radical (unpaired) electrons. The van der Waals surface area contributed by atoms with Crippen molar-refractivity contribution in [3.63, 3.8) is 0 Å². The minimum Gasteiger partial charge on any atom is -0.347 e. The van der Waals surface area contributed by atoms with Crippen LogP contribution in [0.15, 0.2) is 0 Å². The first-order valence-corrected chi connectivity index (χ1v) is 4.97. The molecule has 0 spiro atoms. The van der Waals surface area contributed by atoms with E-state index in [-0.39, 0.29) is 5.79 Å². The van der Waals surface area contributed by atoms with E-state index in [9.17, 15) is 0 Å². The van der Waals surface area contributed by atoms with E-state index < -0.39 is 0 Å². The zero-order chi connectivity index (χ0) is 9.19. The minimum absolute atomic E-state index is 0.295. The summed E-state index contributed by atoms with van der Waals surface area (Å²) in [7, 11) is 0. The number of hydrogen-bond donors (Lipinski definition) is 0. The molecule has 0 bridgehead atoms. The summed E-state index contributed by atoms with van der Waals surface area (Å²) in [5.41, 5.74) is 0. The van der Waals surface area contributed by atoms with E-state index in [1.807, 2.05) is 0 Å². The predicted octanol–water partition coefficient (Wildman–Crippen LogP) is 2.72. The molecule has 2 nitrogen and oxygen atoms in total. The maximum atomic E-state index is 5.82. The smallest absolute Gasteiger partial charge is 0.168 e. The van der Waals surface area contributed by atoms with Crippen LogP contribution >= 0.6 is 0 Å². The zero-order valence-electron chi connectivity index (χ0n) is 8.59. The number of hydrogen-bond acceptors (Lipinski definition) is 2. The van der Waals surface area contributed by atoms with E-state index in [0.717, 1.165) is 19.3 Å². The van der Waals surface area contributed by atoms with Crippen molar-refractivity contribution < 1.29 is 9.47 Å². The molecule has 2 atom stereocenters. The van der Waals surface area contributed by atoms with Gasteiger partial charge in [0, 0.05) is 0 Å². The van der Waals surface area contributed by atoms with Crippen LogP contribution in [0, 0.1) is 0 Å². The monoisotopic (exact) mass is 172 g/mol. The molecule has 1 saturated heterocycles. The summed E-state index contributed by atoms with van der Waals surface area (Å²) in [5.74, 6) is -0.295. The van der Waals surface area contributed by atoms with Crippen molar-refractivity contribution in [1.82, 2.24) is 0 Å². The van der Waals surface area contributed by atoms with Crippen molar-refractivity contribution in [1.29, 1.82) is 0 Å². The van der Waals surface area contributed by atoms with Gasteiger partial charge in [-0.05, 0) is 33.1 Å². The van der Waals surface area contributed by atoms with E-state index in [1.54, 1.807) is 0 Å². The second-order valence-electron chi connectivity index (χ2n) is 3.71. The summed E-state index contributed by atoms with van der Waals surface area (Å²) in [6, 6.07) is 0. The highest BCUT2D eigenvalue weighted by Gasteiger charge is 2.36. The van der Waals surface area contributed by atoms with E-state index in [0.29, 0.717) is 12.2 Å². The summed E-state index contributed by atoms with van der Waals surface area (Å²) >= 11 is 0. The summed E-state index contributed by atoms with van der Waals surface area (Å²) in [4.78, 5) is 0. The lowest BCUT2D eigenvalue weighted by atomic mass is 10.1. The SMILES string of the molecule is CCC1(CC)OC(C)CC(C)O1. The fraction of sp³-hybridized carbons (Fsp3) is 1.00. The molecule has 72 valence electrons. The molecule has 0 aromatic rings. The van der Waals surface area contributed by atoms with Crippen LogP contribution < -0.4 is 0 Å². The second-order valence-corrected chi connectivity index (χ2v) is 3.71. The molecule has 0 N–H and O–H groups in total. The topological polar surface area (TPSA) is 18.5 Å². The highest BCUT2D eigenvalue weighted by molar-refractivity contribution is 4.76. The molecule has 0 aromatic carbocycles. The van der Waals surface area contributed by atoms with Gasteiger partial charge in [-0.1, -0.05) is 13.8 Å². The molecule has 0 aromatic heterocycles. The van der Waals surface area contributed by atoms with Crippen LogP contribution in [0.5, 0.6) is 0 Å². The molecule has 1 aliphatic rings. The summed E-state index contributed by atoms with van der Waals surface area (Å²) < 4.78 is 11.6. The fourth-order valence-corrected chi connectivity index (χ4v) is 1.91. The van der Waals surface area contributed by atoms with Crippen LogP contribution in [0.25, 0.3) is 0 Å². The van der Waals surface area contributed by atoms with Gasteiger partial charge in [0.15, 0.2) is 5.79 Å². The maximum absolute atomic E-state index is 5.82. The van der Waals surface area contributed by atoms with Gasteiger partial charge in [0.1, 0.15) is 0 Å². The Bertz CT molecular complexity index is 129. The third-order valence-electron chi connectivity index (χ3n) is 2.57. The molecule has 12 heavy (non-hydrogen) atoms. The second kappa shape index (κ2) is 3.75. The van der Waals surface area contributed by atoms with Gasteiger partial charge in [-0.15, -0.1) is 0 Å². The molecule has 0 saturated carbocycles. The molecule has 1 aliphatic heterocycles. The third kappa shape index (κ3) is 1.99. The van der Waals surface area contributed by atoms with Gasteiger partial charge in [-0.25, -0.2) is 0 Å². The van der Waals surface area contributed by atoms with Gasteiger partial charge in [0.25, 0.3) is 0 Å². The van der Waals surface area contributed by atoms with E-state index in [2.05, 4.69) is 27.7 Å². The van der Waals surface area contributed by atoms with Gasteiger partial charge < -0.3 is 9.47 Å².